The fourth-order valence-electron chi connectivity index (χ4n) is 4.16. The highest BCUT2D eigenvalue weighted by Crippen LogP contribution is 2.40. The number of hydrogen-bond acceptors (Lipinski definition) is 7. The standard InChI is InChI=1S/C21H28N4O2S/c1-14(18-3-2-4-19-21(18)27-13-26-19)25-17-7-5-15(11-17)16-6-8-20(24-12-16)23-9-10-28-22/h2-4,6,8,12,14-15,17,25H,5,7,9-11,13,22H2,1H3,(H,23,24)/t14-,15-,17+/m1/s1. The van der Waals surface area contributed by atoms with Crippen molar-refractivity contribution in [1.29, 1.82) is 0 Å². The van der Waals surface area contributed by atoms with Crippen molar-refractivity contribution in [2.75, 3.05) is 24.4 Å². The molecule has 3 atom stereocenters. The normalized spacial score (nSPS) is 21.6. The fraction of sp³-hybridized carbons (Fsp3) is 0.476. The van der Waals surface area contributed by atoms with Crippen molar-refractivity contribution in [3.63, 3.8) is 0 Å². The first-order valence-electron chi connectivity index (χ1n) is 9.90. The molecule has 0 radical (unpaired) electrons. The number of nitrogens with one attached hydrogen (secondary N) is 2. The van der Waals surface area contributed by atoms with E-state index in [0.29, 0.717) is 18.8 Å². The Morgan fingerprint density at radius 1 is 1.25 bits per heavy atom. The highest BCUT2D eigenvalue weighted by Gasteiger charge is 2.29. The Labute approximate surface area is 170 Å². The van der Waals surface area contributed by atoms with Gasteiger partial charge in [0.25, 0.3) is 0 Å². The molecule has 0 bridgehead atoms. The Morgan fingerprint density at radius 3 is 3.00 bits per heavy atom. The molecule has 7 heteroatoms. The van der Waals surface area contributed by atoms with E-state index in [0.717, 1.165) is 36.0 Å². The van der Waals surface area contributed by atoms with Gasteiger partial charge in [0.1, 0.15) is 5.82 Å². The molecule has 0 spiro atoms. The minimum absolute atomic E-state index is 0.227. The lowest BCUT2D eigenvalue weighted by atomic mass is 9.99. The lowest BCUT2D eigenvalue weighted by molar-refractivity contribution is 0.172. The highest BCUT2D eigenvalue weighted by atomic mass is 32.2. The van der Waals surface area contributed by atoms with E-state index in [4.69, 9.17) is 14.6 Å². The van der Waals surface area contributed by atoms with Crippen LogP contribution in [-0.4, -0.2) is 30.1 Å². The van der Waals surface area contributed by atoms with Crippen molar-refractivity contribution in [1.82, 2.24) is 10.3 Å². The summed E-state index contributed by atoms with van der Waals surface area (Å²) in [7, 11) is 0. The maximum Gasteiger partial charge on any atom is 0.231 e. The lowest BCUT2D eigenvalue weighted by Gasteiger charge is -2.21. The number of nitrogens with zero attached hydrogens (tertiary/aromatic N) is 1. The van der Waals surface area contributed by atoms with Crippen LogP contribution in [0.5, 0.6) is 11.5 Å². The van der Waals surface area contributed by atoms with Crippen LogP contribution in [0.4, 0.5) is 5.82 Å². The lowest BCUT2D eigenvalue weighted by Crippen LogP contribution is -2.29. The smallest absolute Gasteiger partial charge is 0.231 e. The molecular formula is C21H28N4O2S. The molecule has 1 aliphatic carbocycles. The Hall–Kier alpha value is -1.96. The van der Waals surface area contributed by atoms with Gasteiger partial charge in [-0.1, -0.05) is 30.1 Å². The number of anilines is 1. The van der Waals surface area contributed by atoms with Crippen molar-refractivity contribution in [2.45, 2.75) is 44.2 Å². The first-order chi connectivity index (χ1) is 13.7. The predicted octanol–water partition coefficient (Wildman–Crippen LogP) is 3.82. The van der Waals surface area contributed by atoms with Crippen LogP contribution >= 0.6 is 11.9 Å². The maximum atomic E-state index is 5.67. The number of nitrogens with two attached hydrogens (primary N) is 1. The van der Waals surface area contributed by atoms with E-state index in [1.165, 1.54) is 35.9 Å². The van der Waals surface area contributed by atoms with Crippen molar-refractivity contribution in [2.24, 2.45) is 5.14 Å². The molecule has 1 aromatic heterocycles. The number of aromatic nitrogens is 1. The van der Waals surface area contributed by atoms with Gasteiger partial charge in [0.05, 0.1) is 0 Å². The van der Waals surface area contributed by atoms with Gasteiger partial charge in [0.2, 0.25) is 6.79 Å². The Balaban J connectivity index is 1.32. The quantitative estimate of drug-likeness (QED) is 0.459. The van der Waals surface area contributed by atoms with E-state index in [2.05, 4.69) is 40.7 Å². The van der Waals surface area contributed by atoms with E-state index in [1.807, 2.05) is 18.3 Å². The van der Waals surface area contributed by atoms with Gasteiger partial charge >= 0.3 is 0 Å². The number of fused-ring (bicyclic) bond motifs is 1. The highest BCUT2D eigenvalue weighted by molar-refractivity contribution is 7.97. The van der Waals surface area contributed by atoms with Crippen LogP contribution in [0, 0.1) is 0 Å². The molecule has 6 nitrogen and oxygen atoms in total. The molecule has 0 amide bonds. The zero-order valence-corrected chi connectivity index (χ0v) is 17.0. The number of benzene rings is 1. The molecule has 1 aromatic carbocycles. The van der Waals surface area contributed by atoms with Gasteiger partial charge in [-0.25, -0.2) is 4.98 Å². The van der Waals surface area contributed by atoms with E-state index < -0.39 is 0 Å². The van der Waals surface area contributed by atoms with E-state index in [9.17, 15) is 0 Å². The topological polar surface area (TPSA) is 81.4 Å². The average molecular weight is 401 g/mol. The van der Waals surface area contributed by atoms with Crippen LogP contribution in [0.1, 0.15) is 49.3 Å². The molecule has 1 aliphatic heterocycles. The second-order valence-corrected chi connectivity index (χ2v) is 8.19. The van der Waals surface area contributed by atoms with Crippen LogP contribution in [0.25, 0.3) is 0 Å². The number of pyridine rings is 1. The first-order valence-corrected chi connectivity index (χ1v) is 11.0. The zero-order valence-electron chi connectivity index (χ0n) is 16.2. The minimum Gasteiger partial charge on any atom is -0.454 e. The minimum atomic E-state index is 0.227. The summed E-state index contributed by atoms with van der Waals surface area (Å²) in [4.78, 5) is 4.56. The first kappa shape index (κ1) is 19.4. The third-order valence-corrected chi connectivity index (χ3v) is 6.04. The Morgan fingerprint density at radius 2 is 2.18 bits per heavy atom. The monoisotopic (exact) mass is 400 g/mol. The molecule has 28 heavy (non-hydrogen) atoms. The molecular weight excluding hydrogens is 372 g/mol. The molecule has 2 aromatic rings. The van der Waals surface area contributed by atoms with Gasteiger partial charge < -0.3 is 20.1 Å². The van der Waals surface area contributed by atoms with Crippen molar-refractivity contribution in [3.05, 3.63) is 47.7 Å². The number of ether oxygens (including phenoxy) is 2. The molecule has 0 saturated heterocycles. The second kappa shape index (κ2) is 9.03. The van der Waals surface area contributed by atoms with Gasteiger partial charge in [0.15, 0.2) is 11.5 Å². The van der Waals surface area contributed by atoms with Gasteiger partial charge in [-0.05, 0) is 49.8 Å². The number of rotatable bonds is 8. The molecule has 1 fully saturated rings. The summed E-state index contributed by atoms with van der Waals surface area (Å²) in [5.41, 5.74) is 2.50. The van der Waals surface area contributed by atoms with Crippen molar-refractivity contribution < 1.29 is 9.47 Å². The van der Waals surface area contributed by atoms with Crippen molar-refractivity contribution >= 4 is 17.8 Å². The average Bonchev–Trinajstić information content (AvgIpc) is 3.38. The van der Waals surface area contributed by atoms with E-state index >= 15 is 0 Å². The Bertz CT molecular complexity index is 786. The second-order valence-electron chi connectivity index (χ2n) is 7.45. The fourth-order valence-corrected chi connectivity index (χ4v) is 4.38. The summed E-state index contributed by atoms with van der Waals surface area (Å²) in [6.45, 7) is 3.35. The van der Waals surface area contributed by atoms with Crippen LogP contribution in [0.3, 0.4) is 0 Å². The van der Waals surface area contributed by atoms with Crippen LogP contribution in [-0.2, 0) is 0 Å². The molecule has 2 heterocycles. The van der Waals surface area contributed by atoms with Crippen LogP contribution in [0.2, 0.25) is 0 Å². The Kier molecular flexibility index (Phi) is 6.24. The maximum absolute atomic E-state index is 5.67. The summed E-state index contributed by atoms with van der Waals surface area (Å²) in [5.74, 6) is 4.09. The largest absolute Gasteiger partial charge is 0.454 e. The van der Waals surface area contributed by atoms with E-state index in [-0.39, 0.29) is 6.04 Å². The number of para-hydroxylation sites is 1. The SMILES string of the molecule is C[C@@H](N[C@H]1CC[C@@H](c2ccc(NCCSN)nc2)C1)c1cccc2c1OCO2. The van der Waals surface area contributed by atoms with Crippen LogP contribution < -0.4 is 25.2 Å². The van der Waals surface area contributed by atoms with Gasteiger partial charge in [-0.15, -0.1) is 0 Å². The van der Waals surface area contributed by atoms with Crippen molar-refractivity contribution in [3.8, 4) is 11.5 Å². The molecule has 4 rings (SSSR count). The summed E-state index contributed by atoms with van der Waals surface area (Å²) >= 11 is 1.34. The summed E-state index contributed by atoms with van der Waals surface area (Å²) in [6.07, 6.45) is 5.52. The zero-order chi connectivity index (χ0) is 19.3. The van der Waals surface area contributed by atoms with Gasteiger partial charge in [-0.2, -0.15) is 0 Å². The summed E-state index contributed by atoms with van der Waals surface area (Å²) in [6, 6.07) is 11.1. The molecule has 0 unspecified atom stereocenters. The molecule has 4 N–H and O–H groups in total. The number of hydrogen-bond donors (Lipinski definition) is 3. The molecule has 150 valence electrons. The molecule has 2 aliphatic rings. The molecule has 1 saturated carbocycles. The summed E-state index contributed by atoms with van der Waals surface area (Å²) in [5, 5.41) is 12.5. The van der Waals surface area contributed by atoms with E-state index in [1.54, 1.807) is 0 Å². The third-order valence-electron chi connectivity index (χ3n) is 5.60. The summed E-state index contributed by atoms with van der Waals surface area (Å²) < 4.78 is 11.2. The third kappa shape index (κ3) is 4.37. The van der Waals surface area contributed by atoms with Gasteiger partial charge in [0, 0.05) is 36.1 Å². The van der Waals surface area contributed by atoms with Gasteiger partial charge in [-0.3, -0.25) is 5.14 Å². The predicted molar refractivity (Wildman–Crippen MR) is 114 cm³/mol. The van der Waals surface area contributed by atoms with Crippen LogP contribution in [0.15, 0.2) is 36.5 Å².